The molecule has 282 valence electrons. The standard InChI is InChI=1S/C58H40N2/c1-57(2)46-28-14-11-25-43(46)51-54(57)52-44-26-12-17-31-49(44)60(56(52)53-45-27-13-18-32-50(45)59(55(51)53)39-21-7-4-8-22-39)40-35-33-38(34-36-40)58(37-19-5-3-6-20-37)47-29-15-9-23-41(47)42-24-10-16-30-48(42)58/h3-36H,1-2H3. The molecule has 2 aliphatic rings. The predicted octanol–water partition coefficient (Wildman–Crippen LogP) is 14.6. The zero-order valence-electron chi connectivity index (χ0n) is 33.5. The number of nitrogens with zero attached hydrogens (tertiary/aromatic N) is 2. The van der Waals surface area contributed by atoms with E-state index in [9.17, 15) is 0 Å². The van der Waals surface area contributed by atoms with Gasteiger partial charge in [-0.25, -0.2) is 0 Å². The summed E-state index contributed by atoms with van der Waals surface area (Å²) in [6, 6.07) is 76.8. The minimum Gasteiger partial charge on any atom is -0.309 e. The van der Waals surface area contributed by atoms with E-state index in [2.05, 4.69) is 229 Å². The van der Waals surface area contributed by atoms with Gasteiger partial charge in [-0.15, -0.1) is 0 Å². The molecule has 0 fully saturated rings. The Labute approximate surface area is 349 Å². The average Bonchev–Trinajstić information content (AvgIpc) is 4.00. The number of para-hydroxylation sites is 3. The summed E-state index contributed by atoms with van der Waals surface area (Å²) < 4.78 is 5.11. The molecule has 0 saturated heterocycles. The topological polar surface area (TPSA) is 9.86 Å². The van der Waals surface area contributed by atoms with Gasteiger partial charge in [0.1, 0.15) is 0 Å². The molecule has 0 saturated carbocycles. The van der Waals surface area contributed by atoms with Gasteiger partial charge in [0.05, 0.1) is 27.5 Å². The molecule has 0 spiro atoms. The van der Waals surface area contributed by atoms with Crippen LogP contribution in [0.25, 0.3) is 77.2 Å². The minimum atomic E-state index is -0.458. The number of hydrogen-bond donors (Lipinski definition) is 0. The lowest BCUT2D eigenvalue weighted by Crippen LogP contribution is -2.28. The van der Waals surface area contributed by atoms with Gasteiger partial charge < -0.3 is 9.13 Å². The van der Waals surface area contributed by atoms with Crippen molar-refractivity contribution in [1.29, 1.82) is 0 Å². The zero-order valence-corrected chi connectivity index (χ0v) is 33.5. The molecule has 0 unspecified atom stereocenters. The molecule has 0 amide bonds. The van der Waals surface area contributed by atoms with Crippen LogP contribution in [0.15, 0.2) is 206 Å². The van der Waals surface area contributed by atoms with Crippen molar-refractivity contribution in [2.75, 3.05) is 0 Å². The van der Waals surface area contributed by atoms with Gasteiger partial charge in [-0.2, -0.15) is 0 Å². The van der Waals surface area contributed by atoms with Gasteiger partial charge >= 0.3 is 0 Å². The van der Waals surface area contributed by atoms with Crippen molar-refractivity contribution in [2.45, 2.75) is 24.7 Å². The van der Waals surface area contributed by atoms with Crippen LogP contribution in [0, 0.1) is 0 Å². The number of benzene rings is 9. The quantitative estimate of drug-likeness (QED) is 0.169. The zero-order chi connectivity index (χ0) is 39.7. The normalized spacial score (nSPS) is 14.4. The maximum Gasteiger partial charge on any atom is 0.0713 e. The highest BCUT2D eigenvalue weighted by molar-refractivity contribution is 6.31. The SMILES string of the molecule is CC1(C)c2ccccc2-c2c1c1c3ccccc3n(-c3ccc(C4(c5ccccc5)c5ccccc5-c5ccccc54)cc3)c1c1c3ccccc3n(-c3ccccc3)c21. The summed E-state index contributed by atoms with van der Waals surface area (Å²) in [6.45, 7) is 4.86. The first-order valence-corrected chi connectivity index (χ1v) is 21.1. The lowest BCUT2D eigenvalue weighted by atomic mass is 9.68. The molecule has 2 heterocycles. The van der Waals surface area contributed by atoms with Crippen molar-refractivity contribution < 1.29 is 0 Å². The summed E-state index contributed by atoms with van der Waals surface area (Å²) in [5, 5.41) is 5.17. The maximum atomic E-state index is 2.57. The van der Waals surface area contributed by atoms with Crippen LogP contribution >= 0.6 is 0 Å². The minimum absolute atomic E-state index is 0.236. The molecule has 0 N–H and O–H groups in total. The molecule has 13 rings (SSSR count). The molecule has 11 aromatic rings. The van der Waals surface area contributed by atoms with Crippen LogP contribution in [0.5, 0.6) is 0 Å². The molecule has 2 aromatic heterocycles. The average molecular weight is 765 g/mol. The fraction of sp³-hybridized carbons (Fsp3) is 0.0690. The van der Waals surface area contributed by atoms with Crippen LogP contribution in [-0.2, 0) is 10.8 Å². The van der Waals surface area contributed by atoms with Gasteiger partial charge in [0.2, 0.25) is 0 Å². The number of rotatable bonds is 4. The van der Waals surface area contributed by atoms with Crippen molar-refractivity contribution in [3.05, 3.63) is 240 Å². The molecule has 2 nitrogen and oxygen atoms in total. The third-order valence-electron chi connectivity index (χ3n) is 13.9. The van der Waals surface area contributed by atoms with Crippen molar-refractivity contribution in [1.82, 2.24) is 9.13 Å². The van der Waals surface area contributed by atoms with E-state index in [0.29, 0.717) is 0 Å². The van der Waals surface area contributed by atoms with Crippen LogP contribution in [0.3, 0.4) is 0 Å². The van der Waals surface area contributed by atoms with E-state index in [1.807, 2.05) is 0 Å². The number of hydrogen-bond acceptors (Lipinski definition) is 0. The highest BCUT2D eigenvalue weighted by Gasteiger charge is 2.46. The van der Waals surface area contributed by atoms with Gasteiger partial charge in [0, 0.05) is 43.9 Å². The molecule has 9 aromatic carbocycles. The van der Waals surface area contributed by atoms with Crippen molar-refractivity contribution in [2.24, 2.45) is 0 Å². The highest BCUT2D eigenvalue weighted by Crippen LogP contribution is 2.59. The Balaban J connectivity index is 1.17. The summed E-state index contributed by atoms with van der Waals surface area (Å²) >= 11 is 0. The van der Waals surface area contributed by atoms with Crippen LogP contribution in [-0.4, -0.2) is 9.13 Å². The summed E-state index contributed by atoms with van der Waals surface area (Å²) in [5.74, 6) is 0. The van der Waals surface area contributed by atoms with E-state index in [4.69, 9.17) is 0 Å². The van der Waals surface area contributed by atoms with Gasteiger partial charge in [0.25, 0.3) is 0 Å². The first-order valence-electron chi connectivity index (χ1n) is 21.1. The van der Waals surface area contributed by atoms with E-state index >= 15 is 0 Å². The van der Waals surface area contributed by atoms with Crippen molar-refractivity contribution in [3.63, 3.8) is 0 Å². The van der Waals surface area contributed by atoms with Gasteiger partial charge in [-0.05, 0) is 86.5 Å². The van der Waals surface area contributed by atoms with E-state index in [-0.39, 0.29) is 5.41 Å². The van der Waals surface area contributed by atoms with Crippen LogP contribution in [0.1, 0.15) is 47.2 Å². The first kappa shape index (κ1) is 33.5. The Morgan fingerprint density at radius 3 is 1.43 bits per heavy atom. The molecule has 0 atom stereocenters. The summed E-state index contributed by atoms with van der Waals surface area (Å²) in [7, 11) is 0. The van der Waals surface area contributed by atoms with Gasteiger partial charge in [0.15, 0.2) is 0 Å². The Hall–Kier alpha value is -7.42. The second-order valence-corrected chi connectivity index (χ2v) is 17.2. The molecule has 0 bridgehead atoms. The van der Waals surface area contributed by atoms with E-state index in [1.165, 1.54) is 105 Å². The molecule has 2 heteroatoms. The van der Waals surface area contributed by atoms with Gasteiger partial charge in [-0.1, -0.05) is 184 Å². The Morgan fingerprint density at radius 2 is 0.800 bits per heavy atom. The van der Waals surface area contributed by atoms with Crippen molar-refractivity contribution >= 4 is 43.6 Å². The van der Waals surface area contributed by atoms with Crippen molar-refractivity contribution in [3.8, 4) is 33.6 Å². The molecule has 2 aliphatic carbocycles. The second kappa shape index (κ2) is 12.1. The lowest BCUT2D eigenvalue weighted by Gasteiger charge is -2.34. The first-order chi connectivity index (χ1) is 29.6. The lowest BCUT2D eigenvalue weighted by molar-refractivity contribution is 0.667. The fourth-order valence-electron chi connectivity index (χ4n) is 11.6. The Bertz CT molecular complexity index is 3500. The monoisotopic (exact) mass is 764 g/mol. The summed E-state index contributed by atoms with van der Waals surface area (Å²) in [4.78, 5) is 0. The third-order valence-corrected chi connectivity index (χ3v) is 13.9. The Morgan fingerprint density at radius 1 is 0.350 bits per heavy atom. The predicted molar refractivity (Wildman–Crippen MR) is 250 cm³/mol. The van der Waals surface area contributed by atoms with Crippen LogP contribution in [0.4, 0.5) is 0 Å². The number of fused-ring (bicyclic) bond motifs is 15. The molecular weight excluding hydrogens is 725 g/mol. The Kier molecular flexibility index (Phi) is 6.74. The number of aromatic nitrogens is 2. The summed E-state index contributed by atoms with van der Waals surface area (Å²) in [5.41, 5.74) is 19.8. The van der Waals surface area contributed by atoms with Crippen LogP contribution < -0.4 is 0 Å². The largest absolute Gasteiger partial charge is 0.309 e. The third kappa shape index (κ3) is 4.13. The molecule has 60 heavy (non-hydrogen) atoms. The smallest absolute Gasteiger partial charge is 0.0713 e. The molecule has 0 aliphatic heterocycles. The maximum absolute atomic E-state index is 2.57. The molecule has 0 radical (unpaired) electrons. The highest BCUT2D eigenvalue weighted by atomic mass is 15.0. The van der Waals surface area contributed by atoms with E-state index in [0.717, 1.165) is 5.69 Å². The van der Waals surface area contributed by atoms with E-state index in [1.54, 1.807) is 0 Å². The van der Waals surface area contributed by atoms with Crippen LogP contribution in [0.2, 0.25) is 0 Å². The summed E-state index contributed by atoms with van der Waals surface area (Å²) in [6.07, 6.45) is 0. The van der Waals surface area contributed by atoms with Gasteiger partial charge in [-0.3, -0.25) is 0 Å². The van der Waals surface area contributed by atoms with E-state index < -0.39 is 5.41 Å². The molecular formula is C58H40N2. The second-order valence-electron chi connectivity index (χ2n) is 17.2. The fourth-order valence-corrected chi connectivity index (χ4v) is 11.6.